The number of rotatable bonds is 0. The Balaban J connectivity index is 2.20. The quantitative estimate of drug-likeness (QED) is 0.688. The minimum absolute atomic E-state index is 0.128. The molecule has 106 valence electrons. The van der Waals surface area contributed by atoms with Crippen LogP contribution < -0.4 is 5.73 Å². The molecule has 0 radical (unpaired) electrons. The molecule has 3 aromatic rings. The van der Waals surface area contributed by atoms with Crippen LogP contribution in [0, 0.1) is 5.92 Å². The van der Waals surface area contributed by atoms with E-state index >= 15 is 0 Å². The summed E-state index contributed by atoms with van der Waals surface area (Å²) in [7, 11) is 2.00. The lowest BCUT2D eigenvalue weighted by molar-refractivity contribution is 0.0953. The molecule has 21 heavy (non-hydrogen) atoms. The van der Waals surface area contributed by atoms with E-state index in [2.05, 4.69) is 17.6 Å². The fourth-order valence-electron chi connectivity index (χ4n) is 3.52. The van der Waals surface area contributed by atoms with E-state index < -0.39 is 0 Å². The van der Waals surface area contributed by atoms with Gasteiger partial charge >= 0.3 is 0 Å². The number of hydrogen-bond acceptors (Lipinski definition) is 3. The van der Waals surface area contributed by atoms with Crippen molar-refractivity contribution >= 4 is 33.4 Å². The van der Waals surface area contributed by atoms with Crippen LogP contribution in [0.15, 0.2) is 24.3 Å². The van der Waals surface area contributed by atoms with Crippen molar-refractivity contribution in [1.29, 1.82) is 0 Å². The van der Waals surface area contributed by atoms with Gasteiger partial charge in [0.15, 0.2) is 5.78 Å². The summed E-state index contributed by atoms with van der Waals surface area (Å²) in [5.41, 5.74) is 10.4. The lowest BCUT2D eigenvalue weighted by Crippen LogP contribution is -2.21. The number of fused-ring (bicyclic) bond motifs is 4. The number of aryl methyl sites for hydroxylation is 1. The second-order valence-corrected chi connectivity index (χ2v) is 6.06. The van der Waals surface area contributed by atoms with Gasteiger partial charge in [0.05, 0.1) is 27.8 Å². The zero-order valence-corrected chi connectivity index (χ0v) is 12.2. The molecule has 0 aliphatic heterocycles. The first-order valence-electron chi connectivity index (χ1n) is 7.26. The molecule has 2 aromatic heterocycles. The van der Waals surface area contributed by atoms with Crippen LogP contribution in [0.5, 0.6) is 0 Å². The number of carbonyl (C=O) groups is 1. The highest BCUT2D eigenvalue weighted by molar-refractivity contribution is 6.17. The zero-order valence-electron chi connectivity index (χ0n) is 12.2. The molecular weight excluding hydrogens is 262 g/mol. The number of ketones is 1. The molecule has 1 unspecified atom stereocenters. The molecule has 1 aliphatic rings. The number of nitrogens with zero attached hydrogens (tertiary/aromatic N) is 2. The van der Waals surface area contributed by atoms with E-state index in [-0.39, 0.29) is 5.78 Å². The fourth-order valence-corrected chi connectivity index (χ4v) is 3.52. The first-order chi connectivity index (χ1) is 10.1. The van der Waals surface area contributed by atoms with Crippen LogP contribution >= 0.6 is 0 Å². The molecule has 1 atom stereocenters. The van der Waals surface area contributed by atoms with E-state index in [1.807, 2.05) is 25.2 Å². The molecule has 2 N–H and O–H groups in total. The summed E-state index contributed by atoms with van der Waals surface area (Å²) in [5, 5.41) is 1.98. The predicted molar refractivity (Wildman–Crippen MR) is 84.4 cm³/mol. The summed E-state index contributed by atoms with van der Waals surface area (Å²) in [5.74, 6) is 0.465. The molecule has 0 amide bonds. The highest BCUT2D eigenvalue weighted by atomic mass is 16.1. The van der Waals surface area contributed by atoms with E-state index in [0.717, 1.165) is 34.1 Å². The Kier molecular flexibility index (Phi) is 2.40. The third-order valence-corrected chi connectivity index (χ3v) is 4.50. The van der Waals surface area contributed by atoms with Crippen LogP contribution in [0.2, 0.25) is 0 Å². The third-order valence-electron chi connectivity index (χ3n) is 4.50. The van der Waals surface area contributed by atoms with Crippen LogP contribution in [-0.2, 0) is 13.5 Å². The Morgan fingerprint density at radius 1 is 1.29 bits per heavy atom. The van der Waals surface area contributed by atoms with Gasteiger partial charge in [-0.2, -0.15) is 0 Å². The fraction of sp³-hybridized carbons (Fsp3) is 0.294. The van der Waals surface area contributed by atoms with Gasteiger partial charge in [-0.1, -0.05) is 25.1 Å². The van der Waals surface area contributed by atoms with Gasteiger partial charge in [0.2, 0.25) is 0 Å². The Morgan fingerprint density at radius 3 is 2.86 bits per heavy atom. The number of Topliss-reactive ketones (excluding diaryl/α,β-unsaturated/α-hetero) is 1. The van der Waals surface area contributed by atoms with E-state index in [1.165, 1.54) is 0 Å². The van der Waals surface area contributed by atoms with Crippen molar-refractivity contribution in [3.63, 3.8) is 0 Å². The van der Waals surface area contributed by atoms with Crippen LogP contribution in [0.25, 0.3) is 21.9 Å². The second kappa shape index (κ2) is 4.07. The van der Waals surface area contributed by atoms with Gasteiger partial charge in [0, 0.05) is 18.9 Å². The summed E-state index contributed by atoms with van der Waals surface area (Å²) < 4.78 is 2.06. The number of carbonyl (C=O) groups excluding carboxylic acids is 1. The number of anilines is 1. The molecule has 4 heteroatoms. The van der Waals surface area contributed by atoms with Crippen LogP contribution in [-0.4, -0.2) is 15.3 Å². The maximum absolute atomic E-state index is 12.4. The first kappa shape index (κ1) is 12.4. The lowest BCUT2D eigenvalue weighted by atomic mass is 9.85. The minimum atomic E-state index is 0.128. The van der Waals surface area contributed by atoms with Crippen molar-refractivity contribution in [2.75, 3.05) is 5.73 Å². The van der Waals surface area contributed by atoms with Crippen LogP contribution in [0.3, 0.4) is 0 Å². The number of nitrogens with two attached hydrogens (primary N) is 1. The molecule has 2 heterocycles. The van der Waals surface area contributed by atoms with Gasteiger partial charge < -0.3 is 10.3 Å². The van der Waals surface area contributed by atoms with Gasteiger partial charge in [0.25, 0.3) is 0 Å². The summed E-state index contributed by atoms with van der Waals surface area (Å²) >= 11 is 0. The average molecular weight is 279 g/mol. The number of benzene rings is 1. The van der Waals surface area contributed by atoms with Gasteiger partial charge in [-0.25, -0.2) is 4.98 Å². The third kappa shape index (κ3) is 1.56. The molecule has 0 saturated carbocycles. The highest BCUT2D eigenvalue weighted by Gasteiger charge is 2.28. The van der Waals surface area contributed by atoms with Crippen molar-refractivity contribution in [1.82, 2.24) is 9.55 Å². The maximum Gasteiger partial charge on any atom is 0.167 e. The molecule has 1 aliphatic carbocycles. The smallest absolute Gasteiger partial charge is 0.167 e. The van der Waals surface area contributed by atoms with E-state index in [1.54, 1.807) is 0 Å². The topological polar surface area (TPSA) is 60.9 Å². The van der Waals surface area contributed by atoms with Gasteiger partial charge in [-0.05, 0) is 18.4 Å². The summed E-state index contributed by atoms with van der Waals surface area (Å²) in [6.45, 7) is 2.09. The number of aromatic nitrogens is 2. The summed E-state index contributed by atoms with van der Waals surface area (Å²) in [6.07, 6.45) is 1.39. The largest absolute Gasteiger partial charge is 0.397 e. The Labute approximate surface area is 122 Å². The monoisotopic (exact) mass is 279 g/mol. The zero-order chi connectivity index (χ0) is 14.7. The minimum Gasteiger partial charge on any atom is -0.397 e. The number of hydrogen-bond donors (Lipinski definition) is 1. The summed E-state index contributed by atoms with van der Waals surface area (Å²) in [6, 6.07) is 8.09. The van der Waals surface area contributed by atoms with Crippen molar-refractivity contribution in [2.45, 2.75) is 19.8 Å². The first-order valence-corrected chi connectivity index (χ1v) is 7.26. The highest BCUT2D eigenvalue weighted by Crippen LogP contribution is 2.37. The molecule has 4 nitrogen and oxygen atoms in total. The van der Waals surface area contributed by atoms with Crippen LogP contribution in [0.1, 0.15) is 29.4 Å². The molecule has 4 rings (SSSR count). The number of pyridine rings is 1. The average Bonchev–Trinajstić information content (AvgIpc) is 2.72. The number of para-hydroxylation sites is 1. The normalized spacial score (nSPS) is 18.4. The van der Waals surface area contributed by atoms with E-state index in [9.17, 15) is 4.79 Å². The lowest BCUT2D eigenvalue weighted by Gasteiger charge is -2.21. The van der Waals surface area contributed by atoms with Crippen molar-refractivity contribution < 1.29 is 4.79 Å². The Morgan fingerprint density at radius 2 is 2.05 bits per heavy atom. The number of nitrogen functional groups attached to an aromatic ring is 1. The van der Waals surface area contributed by atoms with Crippen molar-refractivity contribution in [3.05, 3.63) is 35.5 Å². The van der Waals surface area contributed by atoms with E-state index in [0.29, 0.717) is 23.6 Å². The molecule has 0 fully saturated rings. The molecule has 0 bridgehead atoms. The van der Waals surface area contributed by atoms with E-state index in [4.69, 9.17) is 10.7 Å². The maximum atomic E-state index is 12.4. The van der Waals surface area contributed by atoms with Gasteiger partial charge in [-0.15, -0.1) is 0 Å². The Bertz CT molecular complexity index is 907. The molecular formula is C17H17N3O. The molecule has 0 spiro atoms. The van der Waals surface area contributed by atoms with Crippen LogP contribution in [0.4, 0.5) is 5.69 Å². The van der Waals surface area contributed by atoms with Crippen molar-refractivity contribution in [3.8, 4) is 0 Å². The second-order valence-electron chi connectivity index (χ2n) is 6.06. The van der Waals surface area contributed by atoms with Gasteiger partial charge in [-0.3, -0.25) is 4.79 Å². The van der Waals surface area contributed by atoms with Crippen molar-refractivity contribution in [2.24, 2.45) is 13.0 Å². The predicted octanol–water partition coefficient (Wildman–Crippen LogP) is 3.07. The molecule has 1 aromatic carbocycles. The standard InChI is InChI=1S/C17H17N3O/c1-9-7-11-15(13(21)8-9)16(18)14-10-5-3-4-6-12(10)20(2)17(14)19-11/h3-6,9H,7-8H2,1-2H3,(H2,18,19). The Hall–Kier alpha value is -2.36. The molecule has 0 saturated heterocycles. The summed E-state index contributed by atoms with van der Waals surface area (Å²) in [4.78, 5) is 17.2. The SMILES string of the molecule is CC1CC(=O)c2c(nc3c(c2N)c2ccccc2n3C)C1. The van der Waals surface area contributed by atoms with Gasteiger partial charge in [0.1, 0.15) is 5.65 Å².